The molecule has 2 aromatic rings. The second-order valence-electron chi connectivity index (χ2n) is 5.30. The lowest BCUT2D eigenvalue weighted by Gasteiger charge is -2.06. The quantitative estimate of drug-likeness (QED) is 0.585. The first-order valence-electron chi connectivity index (χ1n) is 7.40. The van der Waals surface area contributed by atoms with Gasteiger partial charge in [0.1, 0.15) is 5.75 Å². The van der Waals surface area contributed by atoms with Crippen LogP contribution >= 0.6 is 0 Å². The molecule has 1 aromatic heterocycles. The van der Waals surface area contributed by atoms with Crippen molar-refractivity contribution in [2.24, 2.45) is 17.9 Å². The molecule has 1 heterocycles. The summed E-state index contributed by atoms with van der Waals surface area (Å²) < 4.78 is 7.07. The molecular weight excluding hydrogens is 308 g/mol. The maximum Gasteiger partial charge on any atom is 0.255 e. The third-order valence-corrected chi connectivity index (χ3v) is 3.39. The Morgan fingerprint density at radius 3 is 2.54 bits per heavy atom. The lowest BCUT2D eigenvalue weighted by molar-refractivity contribution is -0.121. The number of primary amides is 1. The van der Waals surface area contributed by atoms with Gasteiger partial charge in [0.15, 0.2) is 6.61 Å². The number of aryl methyl sites for hydroxylation is 1. The molecule has 3 N–H and O–H groups in total. The average molecular weight is 328 g/mol. The Labute approximate surface area is 140 Å². The zero-order chi connectivity index (χ0) is 17.5. The van der Waals surface area contributed by atoms with Crippen molar-refractivity contribution in [3.63, 3.8) is 0 Å². The maximum absolute atomic E-state index is 11.9. The third kappa shape index (κ3) is 4.98. The average Bonchev–Trinajstić information content (AvgIpc) is 2.96. The van der Waals surface area contributed by atoms with Crippen LogP contribution in [0.3, 0.4) is 0 Å². The van der Waals surface area contributed by atoms with Crippen molar-refractivity contribution in [3.05, 3.63) is 53.9 Å². The SMILES string of the molecule is C/C(=N\NC(=O)Cc1cccn1C)c1ccc(OCC(N)=O)cc1. The number of benzene rings is 1. The summed E-state index contributed by atoms with van der Waals surface area (Å²) in [6.07, 6.45) is 2.15. The summed E-state index contributed by atoms with van der Waals surface area (Å²) in [6, 6.07) is 10.8. The smallest absolute Gasteiger partial charge is 0.255 e. The molecule has 0 spiro atoms. The number of carbonyl (C=O) groups excluding carboxylic acids is 2. The van der Waals surface area contributed by atoms with Crippen molar-refractivity contribution in [1.82, 2.24) is 9.99 Å². The minimum atomic E-state index is -0.530. The first-order chi connectivity index (χ1) is 11.5. The summed E-state index contributed by atoms with van der Waals surface area (Å²) in [5.74, 6) is -0.173. The molecule has 126 valence electrons. The summed E-state index contributed by atoms with van der Waals surface area (Å²) in [7, 11) is 1.89. The van der Waals surface area contributed by atoms with Gasteiger partial charge in [-0.05, 0) is 48.9 Å². The van der Waals surface area contributed by atoms with E-state index >= 15 is 0 Å². The number of aromatic nitrogens is 1. The van der Waals surface area contributed by atoms with E-state index in [1.54, 1.807) is 31.2 Å². The van der Waals surface area contributed by atoms with E-state index in [-0.39, 0.29) is 18.9 Å². The van der Waals surface area contributed by atoms with Crippen LogP contribution in [-0.4, -0.2) is 28.7 Å². The van der Waals surface area contributed by atoms with Crippen LogP contribution in [0.4, 0.5) is 0 Å². The zero-order valence-corrected chi connectivity index (χ0v) is 13.7. The molecule has 0 radical (unpaired) electrons. The van der Waals surface area contributed by atoms with Gasteiger partial charge in [0.25, 0.3) is 5.91 Å². The standard InChI is InChI=1S/C17H20N4O3/c1-12(13-5-7-15(8-6-13)24-11-16(18)22)19-20-17(23)10-14-4-3-9-21(14)2/h3-9H,10-11H2,1-2H3,(H2,18,22)(H,20,23)/b19-12+. The summed E-state index contributed by atoms with van der Waals surface area (Å²) in [6.45, 7) is 1.63. The van der Waals surface area contributed by atoms with E-state index in [1.165, 1.54) is 0 Å². The Hall–Kier alpha value is -3.09. The molecule has 0 saturated carbocycles. The number of carbonyl (C=O) groups is 2. The Morgan fingerprint density at radius 1 is 1.25 bits per heavy atom. The normalized spacial score (nSPS) is 11.2. The van der Waals surface area contributed by atoms with Crippen LogP contribution in [-0.2, 0) is 23.1 Å². The molecule has 0 aliphatic heterocycles. The van der Waals surface area contributed by atoms with Gasteiger partial charge in [-0.25, -0.2) is 5.43 Å². The van der Waals surface area contributed by atoms with Crippen molar-refractivity contribution < 1.29 is 14.3 Å². The number of rotatable bonds is 7. The number of nitrogens with two attached hydrogens (primary N) is 1. The first kappa shape index (κ1) is 17.3. The van der Waals surface area contributed by atoms with Crippen LogP contribution < -0.4 is 15.9 Å². The molecule has 0 aliphatic rings. The lowest BCUT2D eigenvalue weighted by atomic mass is 10.1. The van der Waals surface area contributed by atoms with E-state index in [9.17, 15) is 9.59 Å². The van der Waals surface area contributed by atoms with E-state index < -0.39 is 5.91 Å². The minimum Gasteiger partial charge on any atom is -0.484 e. The van der Waals surface area contributed by atoms with Gasteiger partial charge in [0.05, 0.1) is 12.1 Å². The highest BCUT2D eigenvalue weighted by molar-refractivity contribution is 5.99. The number of hydrogen-bond donors (Lipinski definition) is 2. The maximum atomic E-state index is 11.9. The summed E-state index contributed by atoms with van der Waals surface area (Å²) in [4.78, 5) is 22.6. The van der Waals surface area contributed by atoms with Crippen LogP contribution in [0, 0.1) is 0 Å². The van der Waals surface area contributed by atoms with Gasteiger partial charge < -0.3 is 15.0 Å². The van der Waals surface area contributed by atoms with E-state index in [2.05, 4.69) is 10.5 Å². The lowest BCUT2D eigenvalue weighted by Crippen LogP contribution is -2.22. The molecule has 0 fully saturated rings. The molecule has 24 heavy (non-hydrogen) atoms. The molecular formula is C17H20N4O3. The highest BCUT2D eigenvalue weighted by Crippen LogP contribution is 2.12. The number of ether oxygens (including phenoxy) is 1. The Kier molecular flexibility index (Phi) is 5.73. The van der Waals surface area contributed by atoms with Crippen LogP contribution in [0.5, 0.6) is 5.75 Å². The van der Waals surface area contributed by atoms with Crippen molar-refractivity contribution in [2.45, 2.75) is 13.3 Å². The van der Waals surface area contributed by atoms with Crippen molar-refractivity contribution >= 4 is 17.5 Å². The van der Waals surface area contributed by atoms with Crippen LogP contribution in [0.25, 0.3) is 0 Å². The van der Waals surface area contributed by atoms with Crippen molar-refractivity contribution in [1.29, 1.82) is 0 Å². The number of amides is 2. The van der Waals surface area contributed by atoms with Crippen LogP contribution in [0.1, 0.15) is 18.2 Å². The van der Waals surface area contributed by atoms with E-state index in [0.29, 0.717) is 11.5 Å². The second kappa shape index (κ2) is 7.96. The monoisotopic (exact) mass is 328 g/mol. The van der Waals surface area contributed by atoms with Crippen molar-refractivity contribution in [3.8, 4) is 5.75 Å². The predicted octanol–water partition coefficient (Wildman–Crippen LogP) is 0.972. The topological polar surface area (TPSA) is 98.7 Å². The molecule has 0 saturated heterocycles. The molecule has 0 atom stereocenters. The molecule has 7 heteroatoms. The van der Waals surface area contributed by atoms with Crippen LogP contribution in [0.2, 0.25) is 0 Å². The molecule has 0 aliphatic carbocycles. The molecule has 0 bridgehead atoms. The molecule has 1 aromatic carbocycles. The second-order valence-corrected chi connectivity index (χ2v) is 5.30. The zero-order valence-electron chi connectivity index (χ0n) is 13.7. The fraction of sp³-hybridized carbons (Fsp3) is 0.235. The van der Waals surface area contributed by atoms with Gasteiger partial charge in [-0.15, -0.1) is 0 Å². The molecule has 7 nitrogen and oxygen atoms in total. The van der Waals surface area contributed by atoms with Gasteiger partial charge in [-0.3, -0.25) is 9.59 Å². The number of hydrazone groups is 1. The fourth-order valence-corrected chi connectivity index (χ4v) is 2.04. The Balaban J connectivity index is 1.91. The molecule has 0 unspecified atom stereocenters. The first-order valence-corrected chi connectivity index (χ1v) is 7.40. The van der Waals surface area contributed by atoms with Gasteiger partial charge in [0, 0.05) is 18.9 Å². The summed E-state index contributed by atoms with van der Waals surface area (Å²) >= 11 is 0. The fourth-order valence-electron chi connectivity index (χ4n) is 2.04. The van der Waals surface area contributed by atoms with E-state index in [1.807, 2.05) is 29.9 Å². The summed E-state index contributed by atoms with van der Waals surface area (Å²) in [5, 5.41) is 4.10. The van der Waals surface area contributed by atoms with E-state index in [0.717, 1.165) is 11.3 Å². The van der Waals surface area contributed by atoms with Gasteiger partial charge in [0.2, 0.25) is 5.91 Å². The predicted molar refractivity (Wildman–Crippen MR) is 90.6 cm³/mol. The number of nitrogens with zero attached hydrogens (tertiary/aromatic N) is 2. The minimum absolute atomic E-state index is 0.165. The summed E-state index contributed by atoms with van der Waals surface area (Å²) in [5.41, 5.74) is 9.97. The van der Waals surface area contributed by atoms with Gasteiger partial charge >= 0.3 is 0 Å². The highest BCUT2D eigenvalue weighted by atomic mass is 16.5. The third-order valence-electron chi connectivity index (χ3n) is 3.39. The Bertz CT molecular complexity index is 747. The Morgan fingerprint density at radius 2 is 1.96 bits per heavy atom. The largest absolute Gasteiger partial charge is 0.484 e. The highest BCUT2D eigenvalue weighted by Gasteiger charge is 2.06. The van der Waals surface area contributed by atoms with Gasteiger partial charge in [-0.1, -0.05) is 0 Å². The number of hydrogen-bond acceptors (Lipinski definition) is 4. The van der Waals surface area contributed by atoms with Gasteiger partial charge in [-0.2, -0.15) is 5.10 Å². The van der Waals surface area contributed by atoms with E-state index in [4.69, 9.17) is 10.5 Å². The number of nitrogens with one attached hydrogen (secondary N) is 1. The van der Waals surface area contributed by atoms with Crippen LogP contribution in [0.15, 0.2) is 47.7 Å². The molecule has 2 amide bonds. The van der Waals surface area contributed by atoms with Crippen molar-refractivity contribution in [2.75, 3.05) is 6.61 Å². The molecule has 2 rings (SSSR count).